The molecule has 1 aliphatic heterocycles. The number of carboxylic acids is 1. The number of nitrogens with zero attached hydrogens (tertiary/aromatic N) is 1. The maximum absolute atomic E-state index is 10.9. The van der Waals surface area contributed by atoms with Gasteiger partial charge in [0.15, 0.2) is 0 Å². The van der Waals surface area contributed by atoms with Crippen LogP contribution in [-0.4, -0.2) is 48.3 Å². The van der Waals surface area contributed by atoms with Gasteiger partial charge in [-0.15, -0.1) is 0 Å². The van der Waals surface area contributed by atoms with E-state index in [1.807, 2.05) is 0 Å². The Bertz CT molecular complexity index is 229. The van der Waals surface area contributed by atoms with Gasteiger partial charge in [0, 0.05) is 19.1 Å². The second-order valence-electron chi connectivity index (χ2n) is 5.66. The van der Waals surface area contributed by atoms with Gasteiger partial charge >= 0.3 is 5.97 Å². The van der Waals surface area contributed by atoms with Gasteiger partial charge in [-0.3, -0.25) is 9.69 Å². The molecule has 16 heavy (non-hydrogen) atoms. The lowest BCUT2D eigenvalue weighted by Crippen LogP contribution is -2.45. The second-order valence-corrected chi connectivity index (χ2v) is 5.66. The van der Waals surface area contributed by atoms with Crippen molar-refractivity contribution in [2.45, 2.75) is 39.7 Å². The molecule has 1 aliphatic rings. The molecule has 1 heterocycles. The number of ether oxygens (including phenoxy) is 1. The smallest absolute Gasteiger partial charge is 0.304 e. The zero-order valence-electron chi connectivity index (χ0n) is 10.5. The molecule has 1 fully saturated rings. The summed E-state index contributed by atoms with van der Waals surface area (Å²) in [7, 11) is 0. The number of carbonyl (C=O) groups is 1. The molecule has 1 atom stereocenters. The first-order chi connectivity index (χ1) is 7.38. The van der Waals surface area contributed by atoms with Crippen molar-refractivity contribution in [3.05, 3.63) is 0 Å². The van der Waals surface area contributed by atoms with E-state index >= 15 is 0 Å². The van der Waals surface area contributed by atoms with Crippen molar-refractivity contribution in [3.8, 4) is 0 Å². The highest BCUT2D eigenvalue weighted by atomic mass is 16.5. The summed E-state index contributed by atoms with van der Waals surface area (Å²) in [4.78, 5) is 13.1. The lowest BCUT2D eigenvalue weighted by atomic mass is 9.86. The third-order valence-electron chi connectivity index (χ3n) is 2.82. The van der Waals surface area contributed by atoms with Crippen LogP contribution in [-0.2, 0) is 9.53 Å². The van der Waals surface area contributed by atoms with E-state index < -0.39 is 5.97 Å². The Balaban J connectivity index is 2.58. The van der Waals surface area contributed by atoms with E-state index in [1.54, 1.807) is 0 Å². The Morgan fingerprint density at radius 3 is 2.38 bits per heavy atom. The minimum absolute atomic E-state index is 0.140. The zero-order chi connectivity index (χ0) is 12.2. The highest BCUT2D eigenvalue weighted by Crippen LogP contribution is 2.25. The predicted molar refractivity (Wildman–Crippen MR) is 62.5 cm³/mol. The van der Waals surface area contributed by atoms with Crippen LogP contribution in [0.4, 0.5) is 0 Å². The lowest BCUT2D eigenvalue weighted by molar-refractivity contribution is -0.139. The summed E-state index contributed by atoms with van der Waals surface area (Å²) in [6.07, 6.45) is 1.15. The van der Waals surface area contributed by atoms with Crippen molar-refractivity contribution in [3.63, 3.8) is 0 Å². The van der Waals surface area contributed by atoms with Crippen molar-refractivity contribution < 1.29 is 14.6 Å². The van der Waals surface area contributed by atoms with E-state index in [0.717, 1.165) is 32.7 Å². The summed E-state index contributed by atoms with van der Waals surface area (Å²) < 4.78 is 5.30. The zero-order valence-corrected chi connectivity index (χ0v) is 10.5. The van der Waals surface area contributed by atoms with Crippen LogP contribution in [0.15, 0.2) is 0 Å². The van der Waals surface area contributed by atoms with Crippen LogP contribution in [0.3, 0.4) is 0 Å². The fraction of sp³-hybridized carbons (Fsp3) is 0.917. The van der Waals surface area contributed by atoms with Crippen LogP contribution < -0.4 is 0 Å². The molecule has 4 nitrogen and oxygen atoms in total. The van der Waals surface area contributed by atoms with Crippen molar-refractivity contribution >= 4 is 5.97 Å². The lowest BCUT2D eigenvalue weighted by Gasteiger charge is -2.37. The van der Waals surface area contributed by atoms with Gasteiger partial charge in [-0.2, -0.15) is 0 Å². The number of hydrogen-bond donors (Lipinski definition) is 1. The van der Waals surface area contributed by atoms with E-state index in [9.17, 15) is 4.79 Å². The molecule has 4 heteroatoms. The molecular formula is C12H23NO3. The summed E-state index contributed by atoms with van der Waals surface area (Å²) in [5, 5.41) is 8.95. The first kappa shape index (κ1) is 13.5. The van der Waals surface area contributed by atoms with E-state index in [-0.39, 0.29) is 17.9 Å². The monoisotopic (exact) mass is 229 g/mol. The molecule has 1 saturated heterocycles. The van der Waals surface area contributed by atoms with Gasteiger partial charge in [0.2, 0.25) is 0 Å². The van der Waals surface area contributed by atoms with Crippen LogP contribution >= 0.6 is 0 Å². The number of rotatable bonds is 4. The third kappa shape index (κ3) is 4.94. The molecule has 0 aromatic rings. The van der Waals surface area contributed by atoms with E-state index in [0.29, 0.717) is 0 Å². The predicted octanol–water partition coefficient (Wildman–Crippen LogP) is 1.60. The van der Waals surface area contributed by atoms with Crippen LogP contribution in [0.5, 0.6) is 0 Å². The van der Waals surface area contributed by atoms with Crippen LogP contribution in [0.2, 0.25) is 0 Å². The maximum atomic E-state index is 10.9. The Kier molecular flexibility index (Phi) is 4.74. The molecule has 1 unspecified atom stereocenters. The van der Waals surface area contributed by atoms with Crippen LogP contribution in [0.25, 0.3) is 0 Å². The minimum Gasteiger partial charge on any atom is -0.481 e. The molecule has 0 aliphatic carbocycles. The Labute approximate surface area is 97.6 Å². The number of aliphatic carboxylic acids is 1. The van der Waals surface area contributed by atoms with Crippen molar-refractivity contribution in [1.29, 1.82) is 0 Å². The molecule has 0 aromatic carbocycles. The topological polar surface area (TPSA) is 49.8 Å². The van der Waals surface area contributed by atoms with Crippen LogP contribution in [0.1, 0.15) is 33.6 Å². The van der Waals surface area contributed by atoms with Crippen molar-refractivity contribution in [2.75, 3.05) is 26.3 Å². The third-order valence-corrected chi connectivity index (χ3v) is 2.82. The van der Waals surface area contributed by atoms with E-state index in [1.165, 1.54) is 0 Å². The molecule has 1 rings (SSSR count). The van der Waals surface area contributed by atoms with Crippen molar-refractivity contribution in [1.82, 2.24) is 4.90 Å². The first-order valence-electron chi connectivity index (χ1n) is 5.92. The Hall–Kier alpha value is -0.610. The van der Waals surface area contributed by atoms with Gasteiger partial charge < -0.3 is 9.84 Å². The molecule has 0 radical (unpaired) electrons. The molecule has 94 valence electrons. The summed E-state index contributed by atoms with van der Waals surface area (Å²) >= 11 is 0. The van der Waals surface area contributed by atoms with Crippen LogP contribution in [0, 0.1) is 5.41 Å². The highest BCUT2D eigenvalue weighted by Gasteiger charge is 2.27. The maximum Gasteiger partial charge on any atom is 0.304 e. The summed E-state index contributed by atoms with van der Waals surface area (Å²) in [5.41, 5.74) is 0.165. The van der Waals surface area contributed by atoms with Gasteiger partial charge in [0.1, 0.15) is 0 Å². The quantitative estimate of drug-likeness (QED) is 0.795. The standard InChI is InChI=1S/C12H23NO3/c1-12(2,3)9-10(8-11(14)15)13-4-6-16-7-5-13/h10H,4-9H2,1-3H3,(H,14,15). The fourth-order valence-electron chi connectivity index (χ4n) is 2.18. The average molecular weight is 229 g/mol. The SMILES string of the molecule is CC(C)(C)CC(CC(=O)O)N1CCOCC1. The molecule has 0 aromatic heterocycles. The summed E-state index contributed by atoms with van der Waals surface area (Å²) in [5.74, 6) is -0.708. The van der Waals surface area contributed by atoms with Gasteiger partial charge in [-0.05, 0) is 11.8 Å². The first-order valence-corrected chi connectivity index (χ1v) is 5.92. The second kappa shape index (κ2) is 5.64. The van der Waals surface area contributed by atoms with Gasteiger partial charge in [0.25, 0.3) is 0 Å². The highest BCUT2D eigenvalue weighted by molar-refractivity contribution is 5.67. The summed E-state index contributed by atoms with van der Waals surface area (Å²) in [6, 6.07) is 0.140. The van der Waals surface area contributed by atoms with E-state index in [4.69, 9.17) is 9.84 Å². The van der Waals surface area contributed by atoms with Gasteiger partial charge in [0.05, 0.1) is 19.6 Å². The number of hydrogen-bond acceptors (Lipinski definition) is 3. The molecule has 0 bridgehead atoms. The number of morpholine rings is 1. The number of carboxylic acid groups (broad SMARTS) is 1. The molecule has 0 amide bonds. The molecule has 0 spiro atoms. The Morgan fingerprint density at radius 2 is 1.94 bits per heavy atom. The average Bonchev–Trinajstić information content (AvgIpc) is 2.15. The minimum atomic E-state index is -0.708. The summed E-state index contributed by atoms with van der Waals surface area (Å²) in [6.45, 7) is 9.62. The fourth-order valence-corrected chi connectivity index (χ4v) is 2.18. The Morgan fingerprint density at radius 1 is 1.38 bits per heavy atom. The van der Waals surface area contributed by atoms with Crippen molar-refractivity contribution in [2.24, 2.45) is 5.41 Å². The normalized spacial score (nSPS) is 20.7. The largest absolute Gasteiger partial charge is 0.481 e. The van der Waals surface area contributed by atoms with Gasteiger partial charge in [-0.25, -0.2) is 0 Å². The molecular weight excluding hydrogens is 206 g/mol. The molecule has 1 N–H and O–H groups in total. The van der Waals surface area contributed by atoms with Gasteiger partial charge in [-0.1, -0.05) is 20.8 Å². The van der Waals surface area contributed by atoms with E-state index in [2.05, 4.69) is 25.7 Å². The molecule has 0 saturated carbocycles.